The Hall–Kier alpha value is -1.36. The van der Waals surface area contributed by atoms with E-state index in [0.29, 0.717) is 10.4 Å². The fourth-order valence-corrected chi connectivity index (χ4v) is 2.04. The number of hydrogen-bond donors (Lipinski definition) is 2. The summed E-state index contributed by atoms with van der Waals surface area (Å²) in [6, 6.07) is 0. The van der Waals surface area contributed by atoms with Gasteiger partial charge in [0.25, 0.3) is 0 Å². The summed E-state index contributed by atoms with van der Waals surface area (Å²) in [5, 5.41) is 8.78. The van der Waals surface area contributed by atoms with Gasteiger partial charge in [-0.3, -0.25) is 0 Å². The zero-order valence-corrected chi connectivity index (χ0v) is 7.10. The average Bonchev–Trinajstić information content (AvgIpc) is 2.53. The maximum Gasteiger partial charge on any atom is 0.348 e. The number of nitrogens with one attached hydrogen (secondary N) is 1. The van der Waals surface area contributed by atoms with Crippen molar-refractivity contribution in [1.82, 2.24) is 9.97 Å². The molecule has 12 heavy (non-hydrogen) atoms. The SMILES string of the molecule is Cc1sc(C(=O)O)c2[nH]cnc12. The predicted molar refractivity (Wildman–Crippen MR) is 45.7 cm³/mol. The molecule has 0 bridgehead atoms. The summed E-state index contributed by atoms with van der Waals surface area (Å²) >= 11 is 1.25. The van der Waals surface area contributed by atoms with Crippen LogP contribution in [-0.4, -0.2) is 21.0 Å². The number of fused-ring (bicyclic) bond motifs is 1. The lowest BCUT2D eigenvalue weighted by Gasteiger charge is -1.83. The van der Waals surface area contributed by atoms with Crippen molar-refractivity contribution in [3.63, 3.8) is 0 Å². The number of aromatic carboxylic acids is 1. The monoisotopic (exact) mass is 182 g/mol. The molecular weight excluding hydrogens is 176 g/mol. The number of thiophene rings is 1. The minimum Gasteiger partial charge on any atom is -0.477 e. The van der Waals surface area contributed by atoms with E-state index >= 15 is 0 Å². The third-order valence-electron chi connectivity index (χ3n) is 1.65. The van der Waals surface area contributed by atoms with E-state index in [1.54, 1.807) is 0 Å². The van der Waals surface area contributed by atoms with Crippen LogP contribution in [0.15, 0.2) is 6.33 Å². The Morgan fingerprint density at radius 2 is 2.50 bits per heavy atom. The molecule has 2 aromatic rings. The molecule has 2 heterocycles. The fourth-order valence-electron chi connectivity index (χ4n) is 1.14. The third kappa shape index (κ3) is 0.831. The summed E-state index contributed by atoms with van der Waals surface area (Å²) in [6.07, 6.45) is 1.51. The lowest BCUT2D eigenvalue weighted by atomic mass is 10.3. The highest BCUT2D eigenvalue weighted by atomic mass is 32.1. The molecule has 0 aliphatic carbocycles. The van der Waals surface area contributed by atoms with Gasteiger partial charge in [0.05, 0.1) is 11.8 Å². The van der Waals surface area contributed by atoms with E-state index in [1.807, 2.05) is 6.92 Å². The topological polar surface area (TPSA) is 66.0 Å². The molecule has 0 saturated heterocycles. The molecule has 0 aliphatic rings. The number of carbonyl (C=O) groups is 1. The molecule has 2 aromatic heterocycles. The molecule has 0 aliphatic heterocycles. The van der Waals surface area contributed by atoms with Gasteiger partial charge < -0.3 is 10.1 Å². The summed E-state index contributed by atoms with van der Waals surface area (Å²) in [5.74, 6) is -0.901. The van der Waals surface area contributed by atoms with E-state index in [2.05, 4.69) is 9.97 Å². The maximum atomic E-state index is 10.7. The maximum absolute atomic E-state index is 10.7. The van der Waals surface area contributed by atoms with Crippen molar-refractivity contribution in [3.8, 4) is 0 Å². The first-order chi connectivity index (χ1) is 5.70. The van der Waals surface area contributed by atoms with E-state index in [0.717, 1.165) is 10.4 Å². The first-order valence-corrected chi connectivity index (χ1v) is 4.17. The Labute approximate surface area is 71.9 Å². The summed E-state index contributed by atoms with van der Waals surface area (Å²) < 4.78 is 0. The Morgan fingerprint density at radius 3 is 3.17 bits per heavy atom. The van der Waals surface area contributed by atoms with Gasteiger partial charge in [-0.1, -0.05) is 0 Å². The van der Waals surface area contributed by atoms with Crippen molar-refractivity contribution < 1.29 is 9.90 Å². The molecular formula is C7H6N2O2S. The smallest absolute Gasteiger partial charge is 0.348 e. The first-order valence-electron chi connectivity index (χ1n) is 3.36. The van der Waals surface area contributed by atoms with E-state index in [9.17, 15) is 4.79 Å². The van der Waals surface area contributed by atoms with Crippen molar-refractivity contribution in [3.05, 3.63) is 16.1 Å². The normalized spacial score (nSPS) is 10.8. The fraction of sp³-hybridized carbons (Fsp3) is 0.143. The second-order valence-corrected chi connectivity index (χ2v) is 3.64. The van der Waals surface area contributed by atoms with Gasteiger partial charge in [0.15, 0.2) is 0 Å². The molecule has 2 rings (SSSR count). The molecule has 4 nitrogen and oxygen atoms in total. The van der Waals surface area contributed by atoms with Gasteiger partial charge in [-0.25, -0.2) is 9.78 Å². The standard InChI is InChI=1S/C7H6N2O2S/c1-3-4-5(9-2-8-4)6(12-3)7(10)11/h2H,1H3,(H,8,9)(H,10,11). The molecule has 5 heteroatoms. The Bertz CT molecular complexity index is 443. The second kappa shape index (κ2) is 2.31. The van der Waals surface area contributed by atoms with Gasteiger partial charge in [-0.05, 0) is 6.92 Å². The number of aryl methyl sites for hydroxylation is 1. The van der Waals surface area contributed by atoms with Gasteiger partial charge in [0, 0.05) is 4.88 Å². The van der Waals surface area contributed by atoms with Crippen LogP contribution in [0.25, 0.3) is 11.0 Å². The minimum absolute atomic E-state index is 0.333. The summed E-state index contributed by atoms with van der Waals surface area (Å²) in [7, 11) is 0. The molecule has 0 amide bonds. The summed E-state index contributed by atoms with van der Waals surface area (Å²) in [4.78, 5) is 18.8. The van der Waals surface area contributed by atoms with Gasteiger partial charge in [-0.2, -0.15) is 0 Å². The van der Waals surface area contributed by atoms with Gasteiger partial charge >= 0.3 is 5.97 Å². The van der Waals surface area contributed by atoms with Crippen molar-refractivity contribution in [2.75, 3.05) is 0 Å². The molecule has 0 unspecified atom stereocenters. The van der Waals surface area contributed by atoms with Crippen LogP contribution in [0.1, 0.15) is 14.5 Å². The number of hydrogen-bond acceptors (Lipinski definition) is 3. The van der Waals surface area contributed by atoms with Crippen molar-refractivity contribution in [2.24, 2.45) is 0 Å². The molecule has 2 N–H and O–H groups in total. The van der Waals surface area contributed by atoms with Crippen LogP contribution in [0.5, 0.6) is 0 Å². The second-order valence-electron chi connectivity index (χ2n) is 2.42. The van der Waals surface area contributed by atoms with Crippen molar-refractivity contribution >= 4 is 28.3 Å². The van der Waals surface area contributed by atoms with E-state index in [1.165, 1.54) is 17.7 Å². The van der Waals surface area contributed by atoms with E-state index < -0.39 is 5.97 Å². The van der Waals surface area contributed by atoms with Crippen LogP contribution in [0, 0.1) is 6.92 Å². The number of aromatic nitrogens is 2. The summed E-state index contributed by atoms with van der Waals surface area (Å²) in [5.41, 5.74) is 1.39. The number of H-pyrrole nitrogens is 1. The number of imidazole rings is 1. The Morgan fingerprint density at radius 1 is 1.75 bits per heavy atom. The van der Waals surface area contributed by atoms with Crippen LogP contribution in [0.3, 0.4) is 0 Å². The van der Waals surface area contributed by atoms with Crippen LogP contribution in [0.4, 0.5) is 0 Å². The Kier molecular flexibility index (Phi) is 1.41. The number of carboxylic acids is 1. The molecule has 62 valence electrons. The Balaban J connectivity index is 2.83. The van der Waals surface area contributed by atoms with Gasteiger partial charge in [0.2, 0.25) is 0 Å². The molecule has 0 saturated carbocycles. The molecule has 0 spiro atoms. The van der Waals surface area contributed by atoms with Gasteiger partial charge in [0.1, 0.15) is 10.4 Å². The zero-order valence-electron chi connectivity index (χ0n) is 6.29. The molecule has 0 fully saturated rings. The highest BCUT2D eigenvalue weighted by Crippen LogP contribution is 2.27. The average molecular weight is 182 g/mol. The zero-order chi connectivity index (χ0) is 8.72. The highest BCUT2D eigenvalue weighted by molar-refractivity contribution is 7.15. The third-order valence-corrected chi connectivity index (χ3v) is 2.73. The largest absolute Gasteiger partial charge is 0.477 e. The van der Waals surface area contributed by atoms with Gasteiger partial charge in [-0.15, -0.1) is 11.3 Å². The lowest BCUT2D eigenvalue weighted by molar-refractivity contribution is 0.0704. The van der Waals surface area contributed by atoms with Crippen LogP contribution >= 0.6 is 11.3 Å². The van der Waals surface area contributed by atoms with Crippen LogP contribution in [0.2, 0.25) is 0 Å². The van der Waals surface area contributed by atoms with Crippen molar-refractivity contribution in [1.29, 1.82) is 0 Å². The predicted octanol–water partition coefficient (Wildman–Crippen LogP) is 1.63. The molecule has 0 radical (unpaired) electrons. The number of aromatic amines is 1. The molecule has 0 atom stereocenters. The quantitative estimate of drug-likeness (QED) is 0.704. The van der Waals surface area contributed by atoms with E-state index in [-0.39, 0.29) is 0 Å². The number of carboxylic acid groups (broad SMARTS) is 1. The number of nitrogens with zero attached hydrogens (tertiary/aromatic N) is 1. The highest BCUT2D eigenvalue weighted by Gasteiger charge is 2.15. The minimum atomic E-state index is -0.901. The lowest BCUT2D eigenvalue weighted by Crippen LogP contribution is -1.91. The first kappa shape index (κ1) is 7.30. The number of rotatable bonds is 1. The van der Waals surface area contributed by atoms with Crippen LogP contribution in [-0.2, 0) is 0 Å². The van der Waals surface area contributed by atoms with Crippen LogP contribution < -0.4 is 0 Å². The molecule has 0 aromatic carbocycles. The van der Waals surface area contributed by atoms with Crippen molar-refractivity contribution in [2.45, 2.75) is 6.92 Å². The van der Waals surface area contributed by atoms with E-state index in [4.69, 9.17) is 5.11 Å². The summed E-state index contributed by atoms with van der Waals surface area (Å²) in [6.45, 7) is 1.86.